The van der Waals surface area contributed by atoms with Crippen LogP contribution < -0.4 is 16.0 Å². The van der Waals surface area contributed by atoms with Crippen LogP contribution in [0.4, 0.5) is 4.79 Å². The fourth-order valence-corrected chi connectivity index (χ4v) is 5.64. The number of esters is 1. The Morgan fingerprint density at radius 3 is 1.81 bits per heavy atom. The molecule has 252 valence electrons. The van der Waals surface area contributed by atoms with E-state index in [9.17, 15) is 24.0 Å². The molecule has 1 aliphatic carbocycles. The molecule has 1 aliphatic rings. The van der Waals surface area contributed by atoms with Crippen molar-refractivity contribution in [1.82, 2.24) is 16.0 Å². The summed E-state index contributed by atoms with van der Waals surface area (Å²) >= 11 is 0. The van der Waals surface area contributed by atoms with Crippen molar-refractivity contribution in [2.75, 3.05) is 13.2 Å². The van der Waals surface area contributed by atoms with Crippen LogP contribution >= 0.6 is 0 Å². The lowest BCUT2D eigenvalue weighted by Crippen LogP contribution is -2.56. The zero-order chi connectivity index (χ0) is 34.5. The molecule has 0 saturated carbocycles. The number of hydrogen-bond acceptors (Lipinski definition) is 7. The van der Waals surface area contributed by atoms with Gasteiger partial charge < -0.3 is 31.0 Å². The van der Waals surface area contributed by atoms with Crippen molar-refractivity contribution < 1.29 is 38.2 Å². The average Bonchev–Trinajstić information content (AvgIpc) is 3.34. The van der Waals surface area contributed by atoms with Gasteiger partial charge in [-0.25, -0.2) is 9.59 Å². The third-order valence-electron chi connectivity index (χ3n) is 7.77. The lowest BCUT2D eigenvalue weighted by Gasteiger charge is -2.26. The minimum absolute atomic E-state index is 0.0187. The third kappa shape index (κ3) is 10.6. The summed E-state index contributed by atoms with van der Waals surface area (Å²) in [5.41, 5.74) is 12.9. The predicted molar refractivity (Wildman–Crippen MR) is 175 cm³/mol. The first-order chi connectivity index (χ1) is 22.4. The van der Waals surface area contributed by atoms with Crippen LogP contribution in [0.25, 0.3) is 16.7 Å². The summed E-state index contributed by atoms with van der Waals surface area (Å²) in [4.78, 5) is 67.2. The largest absolute Gasteiger partial charge is 0.464 e. The Morgan fingerprint density at radius 2 is 1.30 bits per heavy atom. The first-order valence-corrected chi connectivity index (χ1v) is 16.0. The van der Waals surface area contributed by atoms with Crippen LogP contribution in [0.1, 0.15) is 77.3 Å². The molecule has 0 fully saturated rings. The number of carbonyl (C=O) groups is 5. The molecule has 0 saturated heterocycles. The Balaban J connectivity index is 1.70. The Bertz CT molecular complexity index is 1440. The molecule has 3 unspecified atom stereocenters. The Labute approximate surface area is 275 Å². The van der Waals surface area contributed by atoms with Crippen LogP contribution in [-0.2, 0) is 28.7 Å². The zero-order valence-electron chi connectivity index (χ0n) is 27.7. The van der Waals surface area contributed by atoms with E-state index in [0.717, 1.165) is 22.3 Å². The van der Waals surface area contributed by atoms with Crippen molar-refractivity contribution in [3.8, 4) is 11.1 Å². The second kappa shape index (κ2) is 17.8. The summed E-state index contributed by atoms with van der Waals surface area (Å²) in [6.45, 7) is 9.32. The second-order valence-electron chi connectivity index (χ2n) is 12.4. The number of ether oxygens (including phenoxy) is 2. The normalized spacial score (nSPS) is 13.8. The van der Waals surface area contributed by atoms with Gasteiger partial charge >= 0.3 is 18.3 Å². The van der Waals surface area contributed by atoms with E-state index in [0.29, 0.717) is 6.21 Å². The number of amides is 3. The van der Waals surface area contributed by atoms with Crippen molar-refractivity contribution in [1.29, 1.82) is 0 Å². The van der Waals surface area contributed by atoms with Gasteiger partial charge in [-0.05, 0) is 60.3 Å². The number of nitrogens with zero attached hydrogens (tertiary/aromatic N) is 2. The van der Waals surface area contributed by atoms with Crippen molar-refractivity contribution in [2.45, 2.75) is 84.3 Å². The molecular formula is C35H45N5O7. The summed E-state index contributed by atoms with van der Waals surface area (Å²) in [6, 6.07) is 12.8. The van der Waals surface area contributed by atoms with Gasteiger partial charge in [0.05, 0.1) is 6.61 Å². The number of ketones is 1. The molecular weight excluding hydrogens is 602 g/mol. The number of rotatable bonds is 17. The molecule has 3 amide bonds. The second-order valence-corrected chi connectivity index (χ2v) is 12.4. The Hall–Kier alpha value is -4.83. The number of alkyl carbamates (subject to hydrolysis) is 1. The minimum Gasteiger partial charge on any atom is -0.464 e. The molecule has 0 bridgehead atoms. The SMILES string of the molecule is CCOC(=O)C(CCC(=O)C=[N+]=[N-])NC(=O)C(CC(C)C)NC(=O)C(CC(C)C)NC(=O)OCC1c2ccccc2-c2ccccc21. The van der Waals surface area contributed by atoms with Gasteiger partial charge in [-0.2, -0.15) is 4.79 Å². The van der Waals surface area contributed by atoms with Crippen LogP contribution in [0.15, 0.2) is 48.5 Å². The topological polar surface area (TPSA) is 176 Å². The number of hydrogen-bond donors (Lipinski definition) is 3. The van der Waals surface area contributed by atoms with E-state index in [1.165, 1.54) is 0 Å². The molecule has 2 aromatic carbocycles. The summed E-state index contributed by atoms with van der Waals surface area (Å²) in [7, 11) is 0. The van der Waals surface area contributed by atoms with Crippen molar-refractivity contribution in [2.24, 2.45) is 11.8 Å². The molecule has 0 radical (unpaired) electrons. The summed E-state index contributed by atoms with van der Waals surface area (Å²) in [5, 5.41) is 8.04. The van der Waals surface area contributed by atoms with E-state index in [1.807, 2.05) is 76.2 Å². The highest BCUT2D eigenvalue weighted by molar-refractivity contribution is 6.25. The van der Waals surface area contributed by atoms with Crippen molar-refractivity contribution in [3.05, 3.63) is 65.2 Å². The number of Topliss-reactive ketones (excluding diaryl/α,β-unsaturated/α-hetero) is 1. The number of benzene rings is 2. The van der Waals surface area contributed by atoms with E-state index in [-0.39, 0.29) is 56.7 Å². The first-order valence-electron chi connectivity index (χ1n) is 16.0. The predicted octanol–water partition coefficient (Wildman–Crippen LogP) is 4.17. The third-order valence-corrected chi connectivity index (χ3v) is 7.77. The van der Waals surface area contributed by atoms with Gasteiger partial charge in [0, 0.05) is 12.3 Å². The Kier molecular flexibility index (Phi) is 13.8. The standard InChI is InChI=1S/C35H45N5O7/c1-6-46-34(44)29(16-15-23(41)19-37-36)38-32(42)30(17-21(2)3)39-33(43)31(18-22(4)5)40-35(45)47-20-28-26-13-9-7-11-24(26)25-12-8-10-14-27(25)28/h7-14,19,21-22,28-31H,6,15-18,20H2,1-5H3,(H,38,42)(H,39,43)(H,40,45). The molecule has 2 aromatic rings. The van der Waals surface area contributed by atoms with Gasteiger partial charge in [0.25, 0.3) is 0 Å². The fraction of sp³-hybridized carbons (Fsp3) is 0.486. The number of fused-ring (bicyclic) bond motifs is 3. The Morgan fingerprint density at radius 1 is 0.787 bits per heavy atom. The maximum absolute atomic E-state index is 13.6. The molecule has 3 atom stereocenters. The molecule has 47 heavy (non-hydrogen) atoms. The monoisotopic (exact) mass is 647 g/mol. The molecule has 0 aliphatic heterocycles. The summed E-state index contributed by atoms with van der Waals surface area (Å²) in [5.74, 6) is -2.65. The lowest BCUT2D eigenvalue weighted by molar-refractivity contribution is -0.148. The maximum atomic E-state index is 13.6. The molecule has 0 aromatic heterocycles. The van der Waals surface area contributed by atoms with Gasteiger partial charge in [0.15, 0.2) is 0 Å². The lowest BCUT2D eigenvalue weighted by atomic mass is 9.98. The number of carbonyl (C=O) groups excluding carboxylic acids is 5. The molecule has 3 N–H and O–H groups in total. The van der Waals surface area contributed by atoms with Crippen LogP contribution in [0, 0.1) is 11.8 Å². The average molecular weight is 648 g/mol. The summed E-state index contributed by atoms with van der Waals surface area (Å²) in [6.07, 6.45) is 0.196. The van der Waals surface area contributed by atoms with Crippen molar-refractivity contribution >= 4 is 35.9 Å². The quantitative estimate of drug-likeness (QED) is 0.0999. The minimum atomic E-state index is -1.17. The van der Waals surface area contributed by atoms with Gasteiger partial charge in [0.2, 0.25) is 17.6 Å². The van der Waals surface area contributed by atoms with Gasteiger partial charge in [-0.3, -0.25) is 14.4 Å². The highest BCUT2D eigenvalue weighted by Gasteiger charge is 2.33. The van der Waals surface area contributed by atoms with Crippen LogP contribution in [0.2, 0.25) is 0 Å². The van der Waals surface area contributed by atoms with E-state index in [2.05, 4.69) is 20.7 Å². The molecule has 12 heteroatoms. The maximum Gasteiger partial charge on any atom is 0.407 e. The van der Waals surface area contributed by atoms with E-state index in [1.54, 1.807) is 6.92 Å². The highest BCUT2D eigenvalue weighted by Crippen LogP contribution is 2.44. The zero-order valence-corrected chi connectivity index (χ0v) is 27.7. The van der Waals surface area contributed by atoms with Crippen molar-refractivity contribution in [3.63, 3.8) is 0 Å². The summed E-state index contributed by atoms with van der Waals surface area (Å²) < 4.78 is 10.7. The van der Waals surface area contributed by atoms with E-state index < -0.39 is 47.8 Å². The highest BCUT2D eigenvalue weighted by atomic mass is 16.5. The smallest absolute Gasteiger partial charge is 0.407 e. The van der Waals surface area contributed by atoms with Gasteiger partial charge in [-0.15, -0.1) is 0 Å². The van der Waals surface area contributed by atoms with E-state index in [4.69, 9.17) is 15.0 Å². The molecule has 0 heterocycles. The molecule has 0 spiro atoms. The molecule has 3 rings (SSSR count). The number of nitrogens with one attached hydrogen (secondary N) is 3. The molecule has 12 nitrogen and oxygen atoms in total. The van der Waals surface area contributed by atoms with E-state index >= 15 is 0 Å². The first kappa shape index (κ1) is 36.6. The van der Waals surface area contributed by atoms with Gasteiger partial charge in [0.1, 0.15) is 24.7 Å². The van der Waals surface area contributed by atoms with Crippen LogP contribution in [-0.4, -0.2) is 72.0 Å². The van der Waals surface area contributed by atoms with Crippen LogP contribution in [0.5, 0.6) is 0 Å². The van der Waals surface area contributed by atoms with Gasteiger partial charge in [-0.1, -0.05) is 76.2 Å². The van der Waals surface area contributed by atoms with Crippen LogP contribution in [0.3, 0.4) is 0 Å². The fourth-order valence-electron chi connectivity index (χ4n) is 5.64.